The Hall–Kier alpha value is -1.19. The van der Waals surface area contributed by atoms with Gasteiger partial charge in [-0.2, -0.15) is 0 Å². The van der Waals surface area contributed by atoms with Crippen LogP contribution < -0.4 is 0 Å². The number of hydrogen-bond donors (Lipinski definition) is 0. The van der Waals surface area contributed by atoms with Gasteiger partial charge < -0.3 is 0 Å². The lowest BCUT2D eigenvalue weighted by Gasteiger charge is -2.08. The lowest BCUT2D eigenvalue weighted by Crippen LogP contribution is -1.97. The number of rotatable bonds is 1. The molecule has 0 aliphatic heterocycles. The number of aryl methyl sites for hydroxylation is 2. The van der Waals surface area contributed by atoms with Gasteiger partial charge in [0.05, 0.1) is 16.4 Å². The van der Waals surface area contributed by atoms with Crippen LogP contribution >= 0.6 is 23.2 Å². The Bertz CT molecular complexity index is 585. The van der Waals surface area contributed by atoms with E-state index >= 15 is 0 Å². The van der Waals surface area contributed by atoms with Gasteiger partial charge in [0.2, 0.25) is 0 Å². The van der Waals surface area contributed by atoms with Crippen molar-refractivity contribution in [3.8, 4) is 11.3 Å². The van der Waals surface area contributed by atoms with Crippen molar-refractivity contribution >= 4 is 23.2 Å². The maximum atomic E-state index is 13.2. The van der Waals surface area contributed by atoms with Crippen molar-refractivity contribution in [3.63, 3.8) is 0 Å². The molecular weight excluding hydrogens is 262 g/mol. The molecule has 0 spiro atoms. The van der Waals surface area contributed by atoms with Crippen molar-refractivity contribution in [1.82, 2.24) is 9.97 Å². The van der Waals surface area contributed by atoms with E-state index in [0.29, 0.717) is 16.3 Å². The summed E-state index contributed by atoms with van der Waals surface area (Å²) in [7, 11) is 0. The maximum absolute atomic E-state index is 13.2. The molecule has 2 rings (SSSR count). The van der Waals surface area contributed by atoms with Gasteiger partial charge in [0.25, 0.3) is 0 Å². The van der Waals surface area contributed by atoms with Crippen LogP contribution in [0.2, 0.25) is 10.2 Å². The minimum Gasteiger partial charge on any atom is -0.248 e. The third-order valence-corrected chi connectivity index (χ3v) is 3.04. The molecule has 88 valence electrons. The highest BCUT2D eigenvalue weighted by Gasteiger charge is 2.13. The zero-order valence-electron chi connectivity index (χ0n) is 9.26. The molecule has 2 nitrogen and oxygen atoms in total. The molecule has 0 aliphatic rings. The minimum atomic E-state index is -0.388. The lowest BCUT2D eigenvalue weighted by molar-refractivity contribution is 0.628. The van der Waals surface area contributed by atoms with Crippen LogP contribution in [0, 0.1) is 19.7 Å². The molecule has 0 bridgehead atoms. The van der Waals surface area contributed by atoms with E-state index < -0.39 is 0 Å². The van der Waals surface area contributed by atoms with Gasteiger partial charge in [-0.3, -0.25) is 0 Å². The molecule has 0 unspecified atom stereocenters. The topological polar surface area (TPSA) is 25.8 Å². The minimum absolute atomic E-state index is 0.223. The summed E-state index contributed by atoms with van der Waals surface area (Å²) in [4.78, 5) is 8.44. The average Bonchev–Trinajstić information content (AvgIpc) is 2.27. The molecule has 0 saturated heterocycles. The van der Waals surface area contributed by atoms with E-state index in [0.717, 1.165) is 11.4 Å². The summed E-state index contributed by atoms with van der Waals surface area (Å²) in [6.45, 7) is 3.63. The first-order valence-electron chi connectivity index (χ1n) is 4.95. The molecule has 17 heavy (non-hydrogen) atoms. The van der Waals surface area contributed by atoms with E-state index in [1.54, 1.807) is 0 Å². The maximum Gasteiger partial charge on any atom is 0.155 e. The Balaban J connectivity index is 2.68. The van der Waals surface area contributed by atoms with E-state index in [2.05, 4.69) is 9.97 Å². The summed E-state index contributed by atoms with van der Waals surface area (Å²) >= 11 is 12.0. The van der Waals surface area contributed by atoms with Crippen LogP contribution in [0.15, 0.2) is 18.2 Å². The molecule has 5 heteroatoms. The van der Waals surface area contributed by atoms with Crippen LogP contribution in [0.1, 0.15) is 11.4 Å². The molecule has 1 aromatic carbocycles. The van der Waals surface area contributed by atoms with Crippen molar-refractivity contribution in [2.24, 2.45) is 0 Å². The molecule has 1 heterocycles. The molecule has 1 aromatic heterocycles. The van der Waals surface area contributed by atoms with Crippen LogP contribution in [0.25, 0.3) is 11.3 Å². The average molecular weight is 271 g/mol. The molecule has 0 amide bonds. The summed E-state index contributed by atoms with van der Waals surface area (Å²) < 4.78 is 13.2. The summed E-state index contributed by atoms with van der Waals surface area (Å²) in [6, 6.07) is 4.06. The van der Waals surface area contributed by atoms with E-state index in [9.17, 15) is 4.39 Å². The SMILES string of the molecule is Cc1nc(Cl)c(-c2cc(F)ccc2Cl)nc1C. The highest BCUT2D eigenvalue weighted by atomic mass is 35.5. The van der Waals surface area contributed by atoms with Gasteiger partial charge in [0.1, 0.15) is 11.5 Å². The van der Waals surface area contributed by atoms with Crippen LogP contribution in [0.5, 0.6) is 0 Å². The molecule has 0 saturated carbocycles. The fraction of sp³-hybridized carbons (Fsp3) is 0.167. The van der Waals surface area contributed by atoms with Gasteiger partial charge in [-0.25, -0.2) is 14.4 Å². The molecule has 0 atom stereocenters. The molecule has 0 N–H and O–H groups in total. The van der Waals surface area contributed by atoms with Crippen LogP contribution in [0.4, 0.5) is 4.39 Å². The van der Waals surface area contributed by atoms with E-state index in [4.69, 9.17) is 23.2 Å². The standard InChI is InChI=1S/C12H9Cl2FN2/c1-6-7(2)17-12(14)11(16-6)9-5-8(15)3-4-10(9)13/h3-5H,1-2H3. The number of aromatic nitrogens is 2. The second-order valence-electron chi connectivity index (χ2n) is 3.66. The van der Waals surface area contributed by atoms with Gasteiger partial charge in [-0.1, -0.05) is 23.2 Å². The second-order valence-corrected chi connectivity index (χ2v) is 4.42. The largest absolute Gasteiger partial charge is 0.248 e. The van der Waals surface area contributed by atoms with Crippen molar-refractivity contribution in [2.45, 2.75) is 13.8 Å². The van der Waals surface area contributed by atoms with Crippen molar-refractivity contribution in [1.29, 1.82) is 0 Å². The molecule has 0 aliphatic carbocycles. The fourth-order valence-corrected chi connectivity index (χ4v) is 1.90. The van der Waals surface area contributed by atoms with Crippen LogP contribution in [-0.4, -0.2) is 9.97 Å². The predicted octanol–water partition coefficient (Wildman–Crippen LogP) is 4.21. The Morgan fingerprint density at radius 1 is 1.06 bits per heavy atom. The van der Waals surface area contributed by atoms with E-state index in [1.807, 2.05) is 13.8 Å². The van der Waals surface area contributed by atoms with Crippen LogP contribution in [-0.2, 0) is 0 Å². The Morgan fingerprint density at radius 3 is 2.41 bits per heavy atom. The zero-order valence-corrected chi connectivity index (χ0v) is 10.8. The first-order valence-corrected chi connectivity index (χ1v) is 5.71. The van der Waals surface area contributed by atoms with Crippen molar-refractivity contribution in [2.75, 3.05) is 0 Å². The number of benzene rings is 1. The Kier molecular flexibility index (Phi) is 3.31. The highest BCUT2D eigenvalue weighted by Crippen LogP contribution is 2.31. The number of hydrogen-bond acceptors (Lipinski definition) is 2. The van der Waals surface area contributed by atoms with Gasteiger partial charge in [0.15, 0.2) is 5.15 Å². The first-order chi connectivity index (χ1) is 7.99. The molecule has 0 fully saturated rings. The highest BCUT2D eigenvalue weighted by molar-refractivity contribution is 6.35. The predicted molar refractivity (Wildman–Crippen MR) is 66.9 cm³/mol. The second kappa shape index (κ2) is 4.59. The quantitative estimate of drug-likeness (QED) is 0.776. The first kappa shape index (κ1) is 12.3. The Labute approximate surface area is 108 Å². The summed E-state index contributed by atoms with van der Waals surface area (Å²) in [5.74, 6) is -0.388. The summed E-state index contributed by atoms with van der Waals surface area (Å²) in [6.07, 6.45) is 0. The van der Waals surface area contributed by atoms with Crippen molar-refractivity contribution in [3.05, 3.63) is 45.6 Å². The lowest BCUT2D eigenvalue weighted by atomic mass is 10.1. The van der Waals surface area contributed by atoms with Crippen molar-refractivity contribution < 1.29 is 4.39 Å². The monoisotopic (exact) mass is 270 g/mol. The number of halogens is 3. The van der Waals surface area contributed by atoms with Gasteiger partial charge in [-0.15, -0.1) is 0 Å². The Morgan fingerprint density at radius 2 is 1.71 bits per heavy atom. The molecule has 2 aromatic rings. The third-order valence-electron chi connectivity index (χ3n) is 2.45. The zero-order chi connectivity index (χ0) is 12.6. The fourth-order valence-electron chi connectivity index (χ4n) is 1.43. The summed E-state index contributed by atoms with van der Waals surface area (Å²) in [5, 5.41) is 0.617. The smallest absolute Gasteiger partial charge is 0.155 e. The van der Waals surface area contributed by atoms with Crippen LogP contribution in [0.3, 0.4) is 0 Å². The normalized spacial score (nSPS) is 10.6. The summed E-state index contributed by atoms with van der Waals surface area (Å²) in [5.41, 5.74) is 2.34. The van der Waals surface area contributed by atoms with E-state index in [1.165, 1.54) is 18.2 Å². The van der Waals surface area contributed by atoms with Gasteiger partial charge in [0, 0.05) is 5.56 Å². The molecule has 0 radical (unpaired) electrons. The third kappa shape index (κ3) is 2.40. The molecular formula is C12H9Cl2FN2. The van der Waals surface area contributed by atoms with E-state index in [-0.39, 0.29) is 11.0 Å². The van der Waals surface area contributed by atoms with Gasteiger partial charge in [-0.05, 0) is 32.0 Å². The number of nitrogens with zero attached hydrogens (tertiary/aromatic N) is 2. The van der Waals surface area contributed by atoms with Gasteiger partial charge >= 0.3 is 0 Å².